The van der Waals surface area contributed by atoms with E-state index in [4.69, 9.17) is 15.2 Å². The highest BCUT2D eigenvalue weighted by Gasteiger charge is 2.20. The zero-order valence-electron chi connectivity index (χ0n) is 17.8. The van der Waals surface area contributed by atoms with Crippen molar-refractivity contribution in [1.29, 1.82) is 0 Å². The van der Waals surface area contributed by atoms with Crippen LogP contribution in [0.15, 0.2) is 12.1 Å². The van der Waals surface area contributed by atoms with E-state index in [1.54, 1.807) is 0 Å². The molecule has 0 saturated carbocycles. The molecule has 0 amide bonds. The Hall–Kier alpha value is -2.21. The average Bonchev–Trinajstić information content (AvgIpc) is 3.02. The predicted octanol–water partition coefficient (Wildman–Crippen LogP) is 3.15. The Morgan fingerprint density at radius 2 is 1.87 bits per heavy atom. The molecular weight excluding hydrogens is 518 g/mol. The van der Waals surface area contributed by atoms with Gasteiger partial charge in [0.2, 0.25) is 0 Å². The van der Waals surface area contributed by atoms with Crippen LogP contribution in [0.25, 0.3) is 11.2 Å². The normalized spacial score (nSPS) is 13.7. The SMILES string of the molecule is CC(C)(C)CNCCn1c(Cc2cc3c(cc2[131I])OCCO3)nc2c(N)nc(F)nc21. The smallest absolute Gasteiger partial charge is 0.312 e. The molecule has 8 nitrogen and oxygen atoms in total. The van der Waals surface area contributed by atoms with Crippen LogP contribution in [-0.4, -0.2) is 45.8 Å². The Labute approximate surface area is 193 Å². The summed E-state index contributed by atoms with van der Waals surface area (Å²) >= 11 is 2.28. The van der Waals surface area contributed by atoms with Gasteiger partial charge in [-0.15, -0.1) is 0 Å². The van der Waals surface area contributed by atoms with Crippen LogP contribution in [0.4, 0.5) is 10.2 Å². The number of imidazole rings is 1. The van der Waals surface area contributed by atoms with Gasteiger partial charge < -0.3 is 25.1 Å². The minimum Gasteiger partial charge on any atom is -0.486 e. The summed E-state index contributed by atoms with van der Waals surface area (Å²) in [6, 6.07) is 3.95. The van der Waals surface area contributed by atoms with Crippen molar-refractivity contribution >= 4 is 39.6 Å². The number of nitrogen functional groups attached to an aromatic ring is 1. The molecule has 1 aromatic carbocycles. The van der Waals surface area contributed by atoms with Crippen molar-refractivity contribution < 1.29 is 13.9 Å². The van der Waals surface area contributed by atoms with Crippen molar-refractivity contribution in [2.24, 2.45) is 5.41 Å². The fraction of sp³-hybridized carbons (Fsp3) is 0.476. The Morgan fingerprint density at radius 3 is 2.58 bits per heavy atom. The van der Waals surface area contributed by atoms with Crippen molar-refractivity contribution in [3.05, 3.63) is 33.2 Å². The van der Waals surface area contributed by atoms with Gasteiger partial charge in [0.1, 0.15) is 19.0 Å². The minimum atomic E-state index is -0.853. The first-order valence-corrected chi connectivity index (χ1v) is 11.3. The second-order valence-electron chi connectivity index (χ2n) is 8.73. The standard InChI is InChI=1S/C21H26FIN6O2/c1-21(2,3)11-25-4-5-29-16(26-17-18(24)27-20(22)28-19(17)29)9-12-8-14-15(10-13(12)23)31-7-6-30-14/h8,10,25H,4-7,9,11H2,1-3H3,(H2,24,27,28)/i23+4. The number of hydrogen-bond donors (Lipinski definition) is 2. The molecule has 166 valence electrons. The Bertz CT molecular complexity index is 1110. The first kappa shape index (κ1) is 22.0. The van der Waals surface area contributed by atoms with E-state index >= 15 is 0 Å². The molecule has 0 radical (unpaired) electrons. The van der Waals surface area contributed by atoms with Crippen LogP contribution in [0, 0.1) is 15.1 Å². The summed E-state index contributed by atoms with van der Waals surface area (Å²) < 4.78 is 28.3. The largest absolute Gasteiger partial charge is 0.486 e. The molecule has 3 N–H and O–H groups in total. The zero-order valence-corrected chi connectivity index (χ0v) is 20.0. The number of rotatable bonds is 6. The van der Waals surface area contributed by atoms with Gasteiger partial charge in [0, 0.05) is 29.6 Å². The van der Waals surface area contributed by atoms with E-state index in [9.17, 15) is 4.39 Å². The average molecular weight is 544 g/mol. The third-order valence-electron chi connectivity index (χ3n) is 4.90. The quantitative estimate of drug-likeness (QED) is 0.280. The van der Waals surface area contributed by atoms with Crippen LogP contribution in [0.5, 0.6) is 11.5 Å². The molecule has 0 unspecified atom stereocenters. The molecule has 2 aromatic heterocycles. The van der Waals surface area contributed by atoms with E-state index in [0.29, 0.717) is 43.9 Å². The first-order chi connectivity index (χ1) is 14.7. The van der Waals surface area contributed by atoms with E-state index in [0.717, 1.165) is 33.0 Å². The van der Waals surface area contributed by atoms with Crippen LogP contribution in [0.3, 0.4) is 0 Å². The minimum absolute atomic E-state index is 0.0435. The van der Waals surface area contributed by atoms with Gasteiger partial charge >= 0.3 is 6.08 Å². The van der Waals surface area contributed by atoms with Gasteiger partial charge in [0.25, 0.3) is 0 Å². The maximum atomic E-state index is 13.9. The Kier molecular flexibility index (Phi) is 6.20. The van der Waals surface area contributed by atoms with Crippen LogP contribution in [0.2, 0.25) is 0 Å². The van der Waals surface area contributed by atoms with Gasteiger partial charge in [0.05, 0.1) is 0 Å². The van der Waals surface area contributed by atoms with E-state index in [1.165, 1.54) is 0 Å². The molecule has 0 bridgehead atoms. The number of hydrogen-bond acceptors (Lipinski definition) is 7. The number of fused-ring (bicyclic) bond motifs is 2. The number of halogens is 2. The number of nitrogens with zero attached hydrogens (tertiary/aromatic N) is 4. The first-order valence-electron chi connectivity index (χ1n) is 10.2. The molecule has 4 rings (SSSR count). The van der Waals surface area contributed by atoms with Gasteiger partial charge in [-0.25, -0.2) is 4.98 Å². The number of ether oxygens (including phenoxy) is 2. The molecule has 3 heterocycles. The fourth-order valence-corrected chi connectivity index (χ4v) is 4.10. The fourth-order valence-electron chi connectivity index (χ4n) is 3.48. The zero-order chi connectivity index (χ0) is 22.2. The molecule has 0 saturated heterocycles. The van der Waals surface area contributed by atoms with Crippen molar-refractivity contribution in [3.63, 3.8) is 0 Å². The number of anilines is 1. The van der Waals surface area contributed by atoms with Crippen LogP contribution in [0.1, 0.15) is 32.2 Å². The van der Waals surface area contributed by atoms with E-state index in [-0.39, 0.29) is 11.2 Å². The van der Waals surface area contributed by atoms with Crippen LogP contribution >= 0.6 is 22.6 Å². The van der Waals surface area contributed by atoms with Crippen LogP contribution in [-0.2, 0) is 13.0 Å². The maximum absolute atomic E-state index is 13.9. The molecular formula is C21H26FIN6O2. The second-order valence-corrected chi connectivity index (χ2v) is 9.89. The highest BCUT2D eigenvalue weighted by molar-refractivity contribution is 14.1. The van der Waals surface area contributed by atoms with E-state index in [1.807, 2.05) is 16.7 Å². The van der Waals surface area contributed by atoms with Gasteiger partial charge in [-0.2, -0.15) is 14.4 Å². The summed E-state index contributed by atoms with van der Waals surface area (Å²) in [4.78, 5) is 12.3. The van der Waals surface area contributed by atoms with Crippen LogP contribution < -0.4 is 20.5 Å². The van der Waals surface area contributed by atoms with Crippen molar-refractivity contribution in [2.45, 2.75) is 33.7 Å². The third-order valence-corrected chi connectivity index (χ3v) is 5.90. The highest BCUT2D eigenvalue weighted by atomic mass is 131. The summed E-state index contributed by atoms with van der Waals surface area (Å²) in [6.45, 7) is 9.72. The lowest BCUT2D eigenvalue weighted by molar-refractivity contribution is 0.171. The number of benzene rings is 1. The molecule has 3 aromatic rings. The lowest BCUT2D eigenvalue weighted by atomic mass is 9.97. The summed E-state index contributed by atoms with van der Waals surface area (Å²) in [7, 11) is 0. The third kappa shape index (κ3) is 5.00. The van der Waals surface area contributed by atoms with Crippen molar-refractivity contribution in [2.75, 3.05) is 32.0 Å². The number of nitrogens with one attached hydrogen (secondary N) is 1. The van der Waals surface area contributed by atoms with Crippen molar-refractivity contribution in [3.8, 4) is 11.5 Å². The highest BCUT2D eigenvalue weighted by Crippen LogP contribution is 2.35. The Morgan fingerprint density at radius 1 is 1.16 bits per heavy atom. The van der Waals surface area contributed by atoms with Gasteiger partial charge in [0.15, 0.2) is 28.5 Å². The summed E-state index contributed by atoms with van der Waals surface area (Å²) in [6.07, 6.45) is -0.333. The lowest BCUT2D eigenvalue weighted by Gasteiger charge is -2.20. The number of aromatic nitrogens is 4. The summed E-state index contributed by atoms with van der Waals surface area (Å²) in [5, 5.41) is 3.45. The molecule has 0 aliphatic carbocycles. The predicted molar refractivity (Wildman–Crippen MR) is 125 cm³/mol. The molecule has 31 heavy (non-hydrogen) atoms. The number of nitrogens with two attached hydrogens (primary N) is 1. The maximum Gasteiger partial charge on any atom is 0.312 e. The van der Waals surface area contributed by atoms with E-state index in [2.05, 4.69) is 63.6 Å². The summed E-state index contributed by atoms with van der Waals surface area (Å²) in [5.41, 5.74) is 7.97. The summed E-state index contributed by atoms with van der Waals surface area (Å²) in [5.74, 6) is 2.26. The monoisotopic (exact) mass is 544 g/mol. The molecule has 0 atom stereocenters. The molecule has 1 aliphatic rings. The molecule has 0 spiro atoms. The molecule has 1 aliphatic heterocycles. The molecule has 0 fully saturated rings. The topological polar surface area (TPSA) is 100 Å². The van der Waals surface area contributed by atoms with Gasteiger partial charge in [-0.3, -0.25) is 0 Å². The molecule has 10 heteroatoms. The lowest BCUT2D eigenvalue weighted by Crippen LogP contribution is -2.30. The second kappa shape index (κ2) is 8.73. The van der Waals surface area contributed by atoms with E-state index < -0.39 is 6.08 Å². The van der Waals surface area contributed by atoms with Gasteiger partial charge in [-0.1, -0.05) is 20.8 Å². The Balaban J connectivity index is 1.67. The van der Waals surface area contributed by atoms with Gasteiger partial charge in [-0.05, 0) is 45.7 Å². The van der Waals surface area contributed by atoms with Crippen molar-refractivity contribution in [1.82, 2.24) is 24.8 Å².